The van der Waals surface area contributed by atoms with Gasteiger partial charge >= 0.3 is 5.97 Å². The second kappa shape index (κ2) is 34.7. The molecule has 0 bridgehead atoms. The number of unbranched alkanes of at least 4 members (excludes halogenated alkanes) is 30. The van der Waals surface area contributed by atoms with E-state index in [0.717, 1.165) is 25.7 Å². The van der Waals surface area contributed by atoms with Gasteiger partial charge < -0.3 is 5.11 Å². The van der Waals surface area contributed by atoms with Crippen LogP contribution in [0.5, 0.6) is 0 Å². The van der Waals surface area contributed by atoms with E-state index in [1.807, 2.05) is 6.92 Å². The molecule has 0 rings (SSSR count). The van der Waals surface area contributed by atoms with Gasteiger partial charge in [-0.1, -0.05) is 212 Å². The zero-order valence-electron chi connectivity index (χ0n) is 29.4. The normalized spacial score (nSPS) is 12.2. The first kappa shape index (κ1) is 41.2. The first-order chi connectivity index (χ1) is 20.6. The number of hydrogen-bond acceptors (Lipinski definition) is 1. The Morgan fingerprint density at radius 2 is 0.548 bits per heavy atom. The van der Waals surface area contributed by atoms with Gasteiger partial charge in [0.2, 0.25) is 0 Å². The third-order valence-corrected chi connectivity index (χ3v) is 9.52. The molecule has 0 aliphatic rings. The van der Waals surface area contributed by atoms with Crippen molar-refractivity contribution in [2.75, 3.05) is 0 Å². The number of carboxylic acids is 1. The average Bonchev–Trinajstić information content (AvgIpc) is 2.99. The van der Waals surface area contributed by atoms with Gasteiger partial charge in [-0.25, -0.2) is 4.79 Å². The Morgan fingerprint density at radius 1 is 0.357 bits per heavy atom. The fourth-order valence-corrected chi connectivity index (χ4v) is 6.42. The molecule has 0 aromatic rings. The molecule has 0 aromatic carbocycles. The van der Waals surface area contributed by atoms with E-state index in [-0.39, 0.29) is 0 Å². The second-order valence-corrected chi connectivity index (χ2v) is 13.6. The highest BCUT2D eigenvalue weighted by atomic mass is 16.4. The van der Waals surface area contributed by atoms with E-state index in [9.17, 15) is 9.90 Å². The molecule has 0 aliphatic heterocycles. The summed E-state index contributed by atoms with van der Waals surface area (Å²) in [6.07, 6.45) is 46.3. The summed E-state index contributed by atoms with van der Waals surface area (Å²) in [5.41, 5.74) is 1.84. The summed E-state index contributed by atoms with van der Waals surface area (Å²) in [7, 11) is 0. The largest absolute Gasteiger partial charge is 0.478 e. The number of carbonyl (C=O) groups is 1. The van der Waals surface area contributed by atoms with Crippen molar-refractivity contribution in [2.45, 2.75) is 239 Å². The highest BCUT2D eigenvalue weighted by Gasteiger charge is 2.09. The first-order valence-electron chi connectivity index (χ1n) is 19.5. The van der Waals surface area contributed by atoms with Crippen LogP contribution in [0.3, 0.4) is 0 Å². The Balaban J connectivity index is 3.62. The maximum Gasteiger partial charge on any atom is 0.331 e. The van der Waals surface area contributed by atoms with Gasteiger partial charge in [0.05, 0.1) is 0 Å². The lowest BCUT2D eigenvalue weighted by molar-refractivity contribution is -0.132. The molecule has 2 heteroatoms. The van der Waals surface area contributed by atoms with E-state index in [1.165, 1.54) is 198 Å². The number of aliphatic carboxylic acids is 1. The highest BCUT2D eigenvalue weighted by Crippen LogP contribution is 2.22. The Kier molecular flexibility index (Phi) is 34.0. The molecule has 1 N–H and O–H groups in total. The van der Waals surface area contributed by atoms with Crippen molar-refractivity contribution in [1.82, 2.24) is 0 Å². The predicted octanol–water partition coefficient (Wildman–Crippen LogP) is 14.7. The molecule has 42 heavy (non-hydrogen) atoms. The zero-order chi connectivity index (χ0) is 30.8. The summed E-state index contributed by atoms with van der Waals surface area (Å²) < 4.78 is 0. The van der Waals surface area contributed by atoms with Gasteiger partial charge in [0.15, 0.2) is 0 Å². The summed E-state index contributed by atoms with van der Waals surface area (Å²) in [6.45, 7) is 6.41. The second-order valence-electron chi connectivity index (χ2n) is 13.6. The van der Waals surface area contributed by atoms with E-state index in [4.69, 9.17) is 0 Å². The fourth-order valence-electron chi connectivity index (χ4n) is 6.42. The lowest BCUT2D eigenvalue weighted by Gasteiger charge is -2.11. The Hall–Kier alpha value is -0.790. The summed E-state index contributed by atoms with van der Waals surface area (Å²) in [5, 5.41) is 9.56. The third kappa shape index (κ3) is 30.7. The molecule has 250 valence electrons. The first-order valence-corrected chi connectivity index (χ1v) is 19.5. The van der Waals surface area contributed by atoms with Crippen LogP contribution < -0.4 is 0 Å². The van der Waals surface area contributed by atoms with Crippen LogP contribution in [0.2, 0.25) is 0 Å². The van der Waals surface area contributed by atoms with Crippen molar-refractivity contribution in [3.63, 3.8) is 0 Å². The Labute approximate surface area is 265 Å². The topological polar surface area (TPSA) is 37.3 Å². The summed E-state index contributed by atoms with van der Waals surface area (Å²) in [5.74, 6) is -0.710. The molecular formula is C40H78O2. The van der Waals surface area contributed by atoms with Gasteiger partial charge in [-0.05, 0) is 32.6 Å². The van der Waals surface area contributed by atoms with Crippen LogP contribution in [0, 0.1) is 0 Å². The van der Waals surface area contributed by atoms with E-state index >= 15 is 0 Å². The highest BCUT2D eigenvalue weighted by molar-refractivity contribution is 5.86. The third-order valence-electron chi connectivity index (χ3n) is 9.52. The summed E-state index contributed by atoms with van der Waals surface area (Å²) in [6, 6.07) is 0. The maximum absolute atomic E-state index is 11.6. The number of rotatable bonds is 35. The van der Waals surface area contributed by atoms with Crippen LogP contribution in [-0.4, -0.2) is 11.1 Å². The standard InChI is InChI=1S/C40H78O2/c1-4-6-8-10-12-14-16-18-20-21-22-23-25-27-29-31-33-35-37-39(38(3)40(41)42)36-34-32-30-28-26-24-19-17-15-13-11-9-7-5-2/h4-37H2,1-3H3,(H,41,42)/b39-38-. The minimum Gasteiger partial charge on any atom is -0.478 e. The van der Waals surface area contributed by atoms with E-state index in [0.29, 0.717) is 5.57 Å². The molecular weight excluding hydrogens is 512 g/mol. The van der Waals surface area contributed by atoms with Gasteiger partial charge in [0.1, 0.15) is 0 Å². The van der Waals surface area contributed by atoms with Gasteiger partial charge in [-0.15, -0.1) is 0 Å². The monoisotopic (exact) mass is 591 g/mol. The molecule has 0 fully saturated rings. The smallest absolute Gasteiger partial charge is 0.331 e. The molecule has 0 amide bonds. The molecule has 0 aromatic heterocycles. The van der Waals surface area contributed by atoms with Crippen molar-refractivity contribution in [3.8, 4) is 0 Å². The van der Waals surface area contributed by atoms with Gasteiger partial charge in [-0.3, -0.25) is 0 Å². The fraction of sp³-hybridized carbons (Fsp3) is 0.925. The van der Waals surface area contributed by atoms with Gasteiger partial charge in [-0.2, -0.15) is 0 Å². The molecule has 0 spiro atoms. The lowest BCUT2D eigenvalue weighted by Crippen LogP contribution is -2.02. The van der Waals surface area contributed by atoms with Gasteiger partial charge in [0.25, 0.3) is 0 Å². The Bertz CT molecular complexity index is 578. The molecule has 0 aliphatic carbocycles. The maximum atomic E-state index is 11.6. The van der Waals surface area contributed by atoms with Crippen molar-refractivity contribution < 1.29 is 9.90 Å². The summed E-state index contributed by atoms with van der Waals surface area (Å²) in [4.78, 5) is 11.6. The van der Waals surface area contributed by atoms with Crippen LogP contribution in [-0.2, 0) is 4.79 Å². The van der Waals surface area contributed by atoms with Crippen molar-refractivity contribution in [3.05, 3.63) is 11.1 Å². The molecule has 0 heterocycles. The number of allylic oxidation sites excluding steroid dienone is 1. The minimum atomic E-state index is -0.710. The SMILES string of the molecule is CCCCCCCCCCCCCCCCCCCC/C(CCCCCCCCCCCCCCCC)=C(/C)C(=O)O. The van der Waals surface area contributed by atoms with E-state index in [1.54, 1.807) is 0 Å². The van der Waals surface area contributed by atoms with Crippen molar-refractivity contribution in [2.24, 2.45) is 0 Å². The van der Waals surface area contributed by atoms with E-state index in [2.05, 4.69) is 13.8 Å². The lowest BCUT2D eigenvalue weighted by atomic mass is 9.95. The molecule has 0 unspecified atom stereocenters. The average molecular weight is 591 g/mol. The number of hydrogen-bond donors (Lipinski definition) is 1. The molecule has 0 saturated heterocycles. The number of carboxylic acid groups (broad SMARTS) is 1. The molecule has 0 saturated carbocycles. The predicted molar refractivity (Wildman–Crippen MR) is 189 cm³/mol. The minimum absolute atomic E-state index is 0.622. The van der Waals surface area contributed by atoms with E-state index < -0.39 is 5.97 Å². The summed E-state index contributed by atoms with van der Waals surface area (Å²) >= 11 is 0. The molecule has 0 atom stereocenters. The van der Waals surface area contributed by atoms with Crippen LogP contribution in [0.15, 0.2) is 11.1 Å². The van der Waals surface area contributed by atoms with Crippen LogP contribution in [0.1, 0.15) is 239 Å². The van der Waals surface area contributed by atoms with Crippen LogP contribution >= 0.6 is 0 Å². The van der Waals surface area contributed by atoms with Crippen LogP contribution in [0.25, 0.3) is 0 Å². The molecule has 2 nitrogen and oxygen atoms in total. The molecule has 0 radical (unpaired) electrons. The quantitative estimate of drug-likeness (QED) is 0.0588. The van der Waals surface area contributed by atoms with Gasteiger partial charge in [0, 0.05) is 5.57 Å². The Morgan fingerprint density at radius 3 is 0.738 bits per heavy atom. The van der Waals surface area contributed by atoms with Crippen molar-refractivity contribution in [1.29, 1.82) is 0 Å². The van der Waals surface area contributed by atoms with Crippen molar-refractivity contribution >= 4 is 5.97 Å². The zero-order valence-corrected chi connectivity index (χ0v) is 29.4. The van der Waals surface area contributed by atoms with Crippen LogP contribution in [0.4, 0.5) is 0 Å².